The smallest absolute Gasteiger partial charge is 0.238 e. The van der Waals surface area contributed by atoms with Gasteiger partial charge in [0.05, 0.1) is 19.1 Å². The summed E-state index contributed by atoms with van der Waals surface area (Å²) in [5.41, 5.74) is 1.85. The molecular formula is C23H30FN5O2. The molecule has 166 valence electrons. The standard InChI is InChI=1S/C23H30FN5O2/c1-26-10-2-4-20(26)21-5-3-11-29(21)17-23(31)28-14-12-27(13-15-28)16-22(30)25-19-8-6-18(24)7-9-19/h2,4,6-10,21H,3,5,11-17H2,1H3,(H,25,30)/t21-/m0/s1. The Morgan fingerprint density at radius 2 is 1.77 bits per heavy atom. The average molecular weight is 428 g/mol. The molecule has 1 aromatic carbocycles. The van der Waals surface area contributed by atoms with E-state index in [0.717, 1.165) is 19.4 Å². The third-order valence-corrected chi connectivity index (χ3v) is 6.25. The van der Waals surface area contributed by atoms with E-state index < -0.39 is 0 Å². The van der Waals surface area contributed by atoms with E-state index in [-0.39, 0.29) is 24.2 Å². The number of carbonyl (C=O) groups is 2. The molecule has 4 rings (SSSR count). The van der Waals surface area contributed by atoms with Crippen molar-refractivity contribution in [2.75, 3.05) is 51.1 Å². The number of likely N-dealkylation sites (tertiary alicyclic amines) is 1. The molecule has 0 radical (unpaired) electrons. The molecule has 7 nitrogen and oxygen atoms in total. The van der Waals surface area contributed by atoms with Crippen molar-refractivity contribution in [1.29, 1.82) is 0 Å². The van der Waals surface area contributed by atoms with Gasteiger partial charge in [0.1, 0.15) is 5.82 Å². The van der Waals surface area contributed by atoms with Gasteiger partial charge in [-0.25, -0.2) is 4.39 Å². The molecule has 3 heterocycles. The number of nitrogens with one attached hydrogen (secondary N) is 1. The highest BCUT2D eigenvalue weighted by molar-refractivity contribution is 5.92. The molecule has 0 unspecified atom stereocenters. The Morgan fingerprint density at radius 3 is 2.45 bits per heavy atom. The van der Waals surface area contributed by atoms with Gasteiger partial charge in [-0.05, 0) is 55.8 Å². The predicted octanol–water partition coefficient (Wildman–Crippen LogP) is 2.08. The Bertz CT molecular complexity index is 905. The first kappa shape index (κ1) is 21.5. The van der Waals surface area contributed by atoms with Gasteiger partial charge in [-0.2, -0.15) is 0 Å². The minimum absolute atomic E-state index is 0.131. The SMILES string of the molecule is Cn1cccc1[C@@H]1CCCN1CC(=O)N1CCN(CC(=O)Nc2ccc(F)cc2)CC1. The number of hydrogen-bond donors (Lipinski definition) is 1. The minimum Gasteiger partial charge on any atom is -0.353 e. The van der Waals surface area contributed by atoms with Crippen LogP contribution in [0, 0.1) is 5.82 Å². The predicted molar refractivity (Wildman–Crippen MR) is 117 cm³/mol. The molecule has 1 N–H and O–H groups in total. The van der Waals surface area contributed by atoms with Gasteiger partial charge in [-0.3, -0.25) is 19.4 Å². The van der Waals surface area contributed by atoms with Crippen LogP contribution < -0.4 is 5.32 Å². The molecule has 2 aliphatic rings. The van der Waals surface area contributed by atoms with E-state index >= 15 is 0 Å². The summed E-state index contributed by atoms with van der Waals surface area (Å²) in [5, 5.41) is 2.78. The van der Waals surface area contributed by atoms with Crippen LogP contribution in [0.15, 0.2) is 42.6 Å². The molecule has 2 aromatic rings. The largest absolute Gasteiger partial charge is 0.353 e. The topological polar surface area (TPSA) is 60.8 Å². The summed E-state index contributed by atoms with van der Waals surface area (Å²) in [5.74, 6) is -0.298. The molecule has 1 atom stereocenters. The van der Waals surface area contributed by atoms with Crippen LogP contribution in [0.25, 0.3) is 0 Å². The zero-order valence-electron chi connectivity index (χ0n) is 18.0. The molecule has 0 saturated carbocycles. The van der Waals surface area contributed by atoms with Crippen molar-refractivity contribution < 1.29 is 14.0 Å². The second-order valence-corrected chi connectivity index (χ2v) is 8.38. The third kappa shape index (κ3) is 5.32. The molecule has 31 heavy (non-hydrogen) atoms. The fourth-order valence-electron chi connectivity index (χ4n) is 4.54. The van der Waals surface area contributed by atoms with Gasteiger partial charge in [0.2, 0.25) is 11.8 Å². The lowest BCUT2D eigenvalue weighted by atomic mass is 10.1. The van der Waals surface area contributed by atoms with E-state index in [1.807, 2.05) is 9.80 Å². The first-order valence-electron chi connectivity index (χ1n) is 10.9. The Balaban J connectivity index is 1.23. The fraction of sp³-hybridized carbons (Fsp3) is 0.478. The van der Waals surface area contributed by atoms with Crippen molar-refractivity contribution in [2.45, 2.75) is 18.9 Å². The van der Waals surface area contributed by atoms with Gasteiger partial charge in [-0.15, -0.1) is 0 Å². The van der Waals surface area contributed by atoms with Crippen molar-refractivity contribution in [3.63, 3.8) is 0 Å². The maximum atomic E-state index is 13.0. The van der Waals surface area contributed by atoms with Gasteiger partial charge < -0.3 is 14.8 Å². The average Bonchev–Trinajstić information content (AvgIpc) is 3.38. The van der Waals surface area contributed by atoms with E-state index in [2.05, 4.69) is 40.2 Å². The van der Waals surface area contributed by atoms with Crippen LogP contribution in [-0.2, 0) is 16.6 Å². The molecule has 2 saturated heterocycles. The number of carbonyl (C=O) groups excluding carboxylic acids is 2. The molecule has 2 aliphatic heterocycles. The van der Waals surface area contributed by atoms with Crippen LogP contribution in [0.3, 0.4) is 0 Å². The Labute approximate surface area is 182 Å². The van der Waals surface area contributed by atoms with Crippen molar-refractivity contribution >= 4 is 17.5 Å². The zero-order chi connectivity index (χ0) is 21.8. The van der Waals surface area contributed by atoms with E-state index in [4.69, 9.17) is 0 Å². The number of benzene rings is 1. The quantitative estimate of drug-likeness (QED) is 0.767. The Hall–Kier alpha value is -2.71. The molecule has 8 heteroatoms. The van der Waals surface area contributed by atoms with Crippen molar-refractivity contribution in [2.24, 2.45) is 7.05 Å². The molecule has 1 aromatic heterocycles. The molecule has 0 aliphatic carbocycles. The zero-order valence-corrected chi connectivity index (χ0v) is 18.0. The van der Waals surface area contributed by atoms with Gasteiger partial charge in [-0.1, -0.05) is 0 Å². The van der Waals surface area contributed by atoms with Crippen LogP contribution in [0.1, 0.15) is 24.6 Å². The second kappa shape index (κ2) is 9.62. The van der Waals surface area contributed by atoms with Crippen LogP contribution in [-0.4, -0.2) is 76.9 Å². The fourth-order valence-corrected chi connectivity index (χ4v) is 4.54. The van der Waals surface area contributed by atoms with E-state index in [9.17, 15) is 14.0 Å². The maximum Gasteiger partial charge on any atom is 0.238 e. The van der Waals surface area contributed by atoms with E-state index in [0.29, 0.717) is 44.5 Å². The van der Waals surface area contributed by atoms with Crippen molar-refractivity contribution in [3.05, 3.63) is 54.1 Å². The van der Waals surface area contributed by atoms with Crippen molar-refractivity contribution in [1.82, 2.24) is 19.3 Å². The number of anilines is 1. The number of aryl methyl sites for hydroxylation is 1. The monoisotopic (exact) mass is 427 g/mol. The highest BCUT2D eigenvalue weighted by atomic mass is 19.1. The summed E-state index contributed by atoms with van der Waals surface area (Å²) >= 11 is 0. The number of amides is 2. The summed E-state index contributed by atoms with van der Waals surface area (Å²) in [7, 11) is 2.05. The Morgan fingerprint density at radius 1 is 1.03 bits per heavy atom. The summed E-state index contributed by atoms with van der Waals surface area (Å²) in [6, 6.07) is 10.2. The van der Waals surface area contributed by atoms with Gasteiger partial charge >= 0.3 is 0 Å². The van der Waals surface area contributed by atoms with Crippen LogP contribution in [0.5, 0.6) is 0 Å². The maximum absolute atomic E-state index is 13.0. The first-order valence-corrected chi connectivity index (χ1v) is 10.9. The molecule has 2 amide bonds. The molecular weight excluding hydrogens is 397 g/mol. The number of nitrogens with zero attached hydrogens (tertiary/aromatic N) is 4. The molecule has 2 fully saturated rings. The lowest BCUT2D eigenvalue weighted by molar-refractivity contribution is -0.134. The lowest BCUT2D eigenvalue weighted by Crippen LogP contribution is -2.52. The summed E-state index contributed by atoms with van der Waals surface area (Å²) in [4.78, 5) is 31.4. The van der Waals surface area contributed by atoms with Crippen LogP contribution in [0.2, 0.25) is 0 Å². The third-order valence-electron chi connectivity index (χ3n) is 6.25. The Kier molecular flexibility index (Phi) is 6.67. The number of rotatable bonds is 6. The normalized spacial score (nSPS) is 20.2. The van der Waals surface area contributed by atoms with Crippen molar-refractivity contribution in [3.8, 4) is 0 Å². The first-order chi connectivity index (χ1) is 15.0. The summed E-state index contributed by atoms with van der Waals surface area (Å²) in [6.45, 7) is 4.26. The van der Waals surface area contributed by atoms with Crippen LogP contribution in [0.4, 0.5) is 10.1 Å². The molecule has 0 spiro atoms. The van der Waals surface area contributed by atoms with Gasteiger partial charge in [0.15, 0.2) is 0 Å². The number of halogens is 1. The summed E-state index contributed by atoms with van der Waals surface area (Å²) in [6.07, 6.45) is 4.25. The van der Waals surface area contributed by atoms with Gasteiger partial charge in [0.25, 0.3) is 0 Å². The highest BCUT2D eigenvalue weighted by Gasteiger charge is 2.31. The number of piperazine rings is 1. The van der Waals surface area contributed by atoms with Crippen LogP contribution >= 0.6 is 0 Å². The second-order valence-electron chi connectivity index (χ2n) is 8.38. The van der Waals surface area contributed by atoms with Gasteiger partial charge in [0, 0.05) is 50.8 Å². The number of hydrogen-bond acceptors (Lipinski definition) is 4. The summed E-state index contributed by atoms with van der Waals surface area (Å²) < 4.78 is 15.1. The minimum atomic E-state index is -0.331. The lowest BCUT2D eigenvalue weighted by Gasteiger charge is -2.35. The number of aromatic nitrogens is 1. The van der Waals surface area contributed by atoms with E-state index in [1.165, 1.54) is 17.8 Å². The van der Waals surface area contributed by atoms with E-state index in [1.54, 1.807) is 12.1 Å². The molecule has 0 bridgehead atoms. The highest BCUT2D eigenvalue weighted by Crippen LogP contribution is 2.31.